The van der Waals surface area contributed by atoms with Crippen LogP contribution in [0.15, 0.2) is 12.3 Å². The Labute approximate surface area is 129 Å². The second-order valence-corrected chi connectivity index (χ2v) is 6.08. The maximum Gasteiger partial charge on any atom is 0.435 e. The van der Waals surface area contributed by atoms with Crippen molar-refractivity contribution < 1.29 is 27.9 Å². The Morgan fingerprint density at radius 3 is 2.70 bits per heavy atom. The largest absolute Gasteiger partial charge is 0.480 e. The molecule has 1 amide bonds. The molecule has 1 saturated heterocycles. The van der Waals surface area contributed by atoms with E-state index in [9.17, 15) is 27.9 Å². The fourth-order valence-electron chi connectivity index (χ4n) is 3.71. The smallest absolute Gasteiger partial charge is 0.435 e. The zero-order chi connectivity index (χ0) is 16.8. The van der Waals surface area contributed by atoms with Crippen LogP contribution in [-0.4, -0.2) is 44.3 Å². The standard InChI is InChI=1S/C14H16F3N3O3/c15-14(16,17)10-4-5-19(18-10)7-11(21)20-6-8-2-1-3-9(8)12(20)13(22)23/h4-5,8-9,12H,1-3,6-7H2,(H,22,23). The number of carbonyl (C=O) groups excluding carboxylic acids is 1. The highest BCUT2D eigenvalue weighted by molar-refractivity contribution is 5.84. The molecule has 3 rings (SSSR count). The molecule has 1 aliphatic heterocycles. The van der Waals surface area contributed by atoms with Gasteiger partial charge in [-0.25, -0.2) is 4.79 Å². The number of carboxylic acid groups (broad SMARTS) is 1. The molecule has 3 atom stereocenters. The Morgan fingerprint density at radius 1 is 1.35 bits per heavy atom. The first-order valence-electron chi connectivity index (χ1n) is 7.40. The van der Waals surface area contributed by atoms with E-state index in [0.29, 0.717) is 6.54 Å². The van der Waals surface area contributed by atoms with E-state index in [1.807, 2.05) is 0 Å². The molecule has 9 heteroatoms. The van der Waals surface area contributed by atoms with E-state index in [4.69, 9.17) is 0 Å². The van der Waals surface area contributed by atoms with Crippen molar-refractivity contribution in [1.82, 2.24) is 14.7 Å². The Balaban J connectivity index is 1.73. The lowest BCUT2D eigenvalue weighted by molar-refractivity contribution is -0.150. The fourth-order valence-corrected chi connectivity index (χ4v) is 3.71. The van der Waals surface area contributed by atoms with Crippen LogP contribution in [0.1, 0.15) is 25.0 Å². The van der Waals surface area contributed by atoms with Crippen molar-refractivity contribution in [2.24, 2.45) is 11.8 Å². The van der Waals surface area contributed by atoms with Crippen molar-refractivity contribution >= 4 is 11.9 Å². The van der Waals surface area contributed by atoms with Crippen LogP contribution in [0.3, 0.4) is 0 Å². The number of likely N-dealkylation sites (tertiary alicyclic amines) is 1. The molecule has 0 spiro atoms. The summed E-state index contributed by atoms with van der Waals surface area (Å²) in [6.07, 6.45) is -0.880. The summed E-state index contributed by atoms with van der Waals surface area (Å²) in [6, 6.07) is -0.0895. The maximum atomic E-state index is 12.5. The number of carbonyl (C=O) groups is 2. The molecule has 1 aromatic heterocycles. The van der Waals surface area contributed by atoms with Crippen LogP contribution >= 0.6 is 0 Å². The van der Waals surface area contributed by atoms with Crippen LogP contribution in [0.2, 0.25) is 0 Å². The Bertz CT molecular complexity index is 628. The van der Waals surface area contributed by atoms with Gasteiger partial charge in [0.05, 0.1) is 0 Å². The van der Waals surface area contributed by atoms with Crippen molar-refractivity contribution in [3.05, 3.63) is 18.0 Å². The lowest BCUT2D eigenvalue weighted by Crippen LogP contribution is -2.44. The summed E-state index contributed by atoms with van der Waals surface area (Å²) in [4.78, 5) is 25.1. The van der Waals surface area contributed by atoms with E-state index in [0.717, 1.165) is 36.2 Å². The first-order chi connectivity index (χ1) is 10.8. The normalized spacial score (nSPS) is 27.3. The number of aromatic nitrogens is 2. The second-order valence-electron chi connectivity index (χ2n) is 6.08. The number of carboxylic acids is 1. The zero-order valence-electron chi connectivity index (χ0n) is 12.2. The highest BCUT2D eigenvalue weighted by Gasteiger charge is 2.49. The molecule has 126 valence electrons. The molecule has 2 heterocycles. The van der Waals surface area contributed by atoms with Gasteiger partial charge in [-0.05, 0) is 30.7 Å². The van der Waals surface area contributed by atoms with Crippen LogP contribution in [-0.2, 0) is 22.3 Å². The Kier molecular flexibility index (Phi) is 3.81. The van der Waals surface area contributed by atoms with Gasteiger partial charge < -0.3 is 10.0 Å². The van der Waals surface area contributed by atoms with Crippen LogP contribution in [0, 0.1) is 11.8 Å². The number of nitrogens with zero attached hydrogens (tertiary/aromatic N) is 3. The SMILES string of the molecule is O=C(O)C1C2CCCC2CN1C(=O)Cn1ccc(C(F)(F)F)n1. The van der Waals surface area contributed by atoms with Gasteiger partial charge in [-0.2, -0.15) is 18.3 Å². The van der Waals surface area contributed by atoms with Crippen molar-refractivity contribution in [1.29, 1.82) is 0 Å². The predicted octanol–water partition coefficient (Wildman–Crippen LogP) is 1.61. The van der Waals surface area contributed by atoms with Crippen molar-refractivity contribution in [2.75, 3.05) is 6.54 Å². The minimum atomic E-state index is -4.57. The van der Waals surface area contributed by atoms with Crippen LogP contribution in [0.25, 0.3) is 0 Å². The van der Waals surface area contributed by atoms with Crippen molar-refractivity contribution in [3.63, 3.8) is 0 Å². The molecule has 1 aliphatic carbocycles. The topological polar surface area (TPSA) is 75.4 Å². The van der Waals surface area contributed by atoms with Gasteiger partial charge in [-0.15, -0.1) is 0 Å². The number of alkyl halides is 3. The fraction of sp³-hybridized carbons (Fsp3) is 0.643. The van der Waals surface area contributed by atoms with Gasteiger partial charge in [0, 0.05) is 12.7 Å². The average Bonchev–Trinajstić information content (AvgIpc) is 3.10. The summed E-state index contributed by atoms with van der Waals surface area (Å²) < 4.78 is 38.4. The second kappa shape index (κ2) is 5.54. The van der Waals surface area contributed by atoms with Crippen LogP contribution < -0.4 is 0 Å². The monoisotopic (exact) mass is 331 g/mol. The third kappa shape index (κ3) is 2.91. The van der Waals surface area contributed by atoms with E-state index in [1.165, 1.54) is 4.90 Å². The van der Waals surface area contributed by atoms with Gasteiger partial charge >= 0.3 is 12.1 Å². The number of fused-ring (bicyclic) bond motifs is 1. The summed E-state index contributed by atoms with van der Waals surface area (Å²) in [6.45, 7) is -0.0346. The maximum absolute atomic E-state index is 12.5. The number of rotatable bonds is 3. The predicted molar refractivity (Wildman–Crippen MR) is 71.2 cm³/mol. The molecule has 1 aromatic rings. The summed E-state index contributed by atoms with van der Waals surface area (Å²) in [5.41, 5.74) is -1.07. The van der Waals surface area contributed by atoms with Crippen molar-refractivity contribution in [2.45, 2.75) is 38.0 Å². The van der Waals surface area contributed by atoms with Gasteiger partial charge in [0.2, 0.25) is 5.91 Å². The number of hydrogen-bond donors (Lipinski definition) is 1. The van der Waals surface area contributed by atoms with Crippen molar-refractivity contribution in [3.8, 4) is 0 Å². The van der Waals surface area contributed by atoms with Gasteiger partial charge in [0.25, 0.3) is 0 Å². The molecule has 0 radical (unpaired) electrons. The van der Waals surface area contributed by atoms with Crippen LogP contribution in [0.5, 0.6) is 0 Å². The average molecular weight is 331 g/mol. The lowest BCUT2D eigenvalue weighted by Gasteiger charge is -2.24. The third-order valence-corrected chi connectivity index (χ3v) is 4.69. The molecule has 2 fully saturated rings. The molecule has 0 aromatic carbocycles. The molecule has 0 bridgehead atoms. The van der Waals surface area contributed by atoms with E-state index in [-0.39, 0.29) is 18.4 Å². The first-order valence-corrected chi connectivity index (χ1v) is 7.40. The number of aliphatic carboxylic acids is 1. The Hall–Kier alpha value is -2.06. The minimum Gasteiger partial charge on any atom is -0.480 e. The number of amides is 1. The molecular weight excluding hydrogens is 315 g/mol. The van der Waals surface area contributed by atoms with Crippen LogP contribution in [0.4, 0.5) is 13.2 Å². The summed E-state index contributed by atoms with van der Waals surface area (Å²) in [5, 5.41) is 12.7. The van der Waals surface area contributed by atoms with E-state index >= 15 is 0 Å². The summed E-state index contributed by atoms with van der Waals surface area (Å²) in [7, 11) is 0. The van der Waals surface area contributed by atoms with E-state index in [1.54, 1.807) is 0 Å². The first kappa shape index (κ1) is 15.8. The molecule has 3 unspecified atom stereocenters. The number of halogens is 3. The number of hydrogen-bond acceptors (Lipinski definition) is 3. The highest BCUT2D eigenvalue weighted by Crippen LogP contribution is 2.42. The molecule has 23 heavy (non-hydrogen) atoms. The van der Waals surface area contributed by atoms with Gasteiger partial charge in [-0.1, -0.05) is 6.42 Å². The molecule has 2 aliphatic rings. The highest BCUT2D eigenvalue weighted by atomic mass is 19.4. The molecule has 6 nitrogen and oxygen atoms in total. The quantitative estimate of drug-likeness (QED) is 0.913. The van der Waals surface area contributed by atoms with Gasteiger partial charge in [-0.3, -0.25) is 9.48 Å². The summed E-state index contributed by atoms with van der Waals surface area (Å²) >= 11 is 0. The van der Waals surface area contributed by atoms with E-state index < -0.39 is 29.8 Å². The Morgan fingerprint density at radius 2 is 2.09 bits per heavy atom. The lowest BCUT2D eigenvalue weighted by atomic mass is 9.94. The van der Waals surface area contributed by atoms with E-state index in [2.05, 4.69) is 5.10 Å². The zero-order valence-corrected chi connectivity index (χ0v) is 12.2. The van der Waals surface area contributed by atoms with Gasteiger partial charge in [0.1, 0.15) is 12.6 Å². The summed E-state index contributed by atoms with van der Waals surface area (Å²) in [5.74, 6) is -1.45. The molecule has 1 saturated carbocycles. The molecular formula is C14H16F3N3O3. The third-order valence-electron chi connectivity index (χ3n) is 4.69. The minimum absolute atomic E-state index is 0.0557. The molecule has 1 N–H and O–H groups in total. The van der Waals surface area contributed by atoms with Gasteiger partial charge in [0.15, 0.2) is 5.69 Å².